The number of amides is 1. The van der Waals surface area contributed by atoms with Crippen LogP contribution in [0.2, 0.25) is 0 Å². The monoisotopic (exact) mass is 237 g/mol. The lowest BCUT2D eigenvalue weighted by atomic mass is 10.2. The highest BCUT2D eigenvalue weighted by molar-refractivity contribution is 5.92. The first-order valence-corrected chi connectivity index (χ1v) is 5.59. The van der Waals surface area contributed by atoms with Crippen molar-refractivity contribution in [3.8, 4) is 0 Å². The maximum absolute atomic E-state index is 11.7. The molecule has 5 heteroatoms. The minimum atomic E-state index is -0.122. The van der Waals surface area contributed by atoms with Crippen molar-refractivity contribution < 1.29 is 9.90 Å². The first-order valence-electron chi connectivity index (χ1n) is 5.59. The standard InChI is InChI=1S/C12H19N3O2/c1-9(5-7-16)14-10-4-6-13-11(8-10)12(17)15(2)3/h4,6,8-9,16H,5,7H2,1-3H3,(H,13,14). The van der Waals surface area contributed by atoms with Gasteiger partial charge >= 0.3 is 0 Å². The topological polar surface area (TPSA) is 65.5 Å². The van der Waals surface area contributed by atoms with Gasteiger partial charge in [-0.1, -0.05) is 0 Å². The molecule has 0 aliphatic heterocycles. The van der Waals surface area contributed by atoms with Crippen molar-refractivity contribution in [2.45, 2.75) is 19.4 Å². The number of rotatable bonds is 5. The molecule has 0 aromatic carbocycles. The Bertz CT molecular complexity index is 380. The van der Waals surface area contributed by atoms with Gasteiger partial charge in [-0.2, -0.15) is 0 Å². The Balaban J connectivity index is 2.75. The van der Waals surface area contributed by atoms with Crippen LogP contribution in [0.25, 0.3) is 0 Å². The number of hydrogen-bond acceptors (Lipinski definition) is 4. The molecular formula is C12H19N3O2. The molecule has 1 unspecified atom stereocenters. The van der Waals surface area contributed by atoms with E-state index in [0.717, 1.165) is 5.69 Å². The average Bonchev–Trinajstić information content (AvgIpc) is 2.28. The van der Waals surface area contributed by atoms with Gasteiger partial charge in [0.25, 0.3) is 5.91 Å². The zero-order valence-corrected chi connectivity index (χ0v) is 10.5. The van der Waals surface area contributed by atoms with Crippen LogP contribution in [0, 0.1) is 0 Å². The van der Waals surface area contributed by atoms with Crippen molar-refractivity contribution in [2.24, 2.45) is 0 Å². The van der Waals surface area contributed by atoms with Crippen LogP contribution in [0.1, 0.15) is 23.8 Å². The molecule has 1 amide bonds. The van der Waals surface area contributed by atoms with Gasteiger partial charge in [0, 0.05) is 38.6 Å². The van der Waals surface area contributed by atoms with E-state index in [1.165, 1.54) is 4.90 Å². The molecule has 0 aliphatic carbocycles. The number of pyridine rings is 1. The molecule has 1 heterocycles. The Kier molecular flexibility index (Phi) is 4.90. The molecule has 1 atom stereocenters. The molecular weight excluding hydrogens is 218 g/mol. The maximum atomic E-state index is 11.7. The molecule has 0 fully saturated rings. The van der Waals surface area contributed by atoms with Crippen LogP contribution in [0.4, 0.5) is 5.69 Å². The summed E-state index contributed by atoms with van der Waals surface area (Å²) in [6, 6.07) is 3.68. The lowest BCUT2D eigenvalue weighted by molar-refractivity contribution is 0.0822. The Hall–Kier alpha value is -1.62. The normalized spacial score (nSPS) is 12.0. The van der Waals surface area contributed by atoms with Crippen molar-refractivity contribution in [2.75, 3.05) is 26.0 Å². The molecule has 0 saturated carbocycles. The van der Waals surface area contributed by atoms with Crippen molar-refractivity contribution >= 4 is 11.6 Å². The number of anilines is 1. The van der Waals surface area contributed by atoms with E-state index in [9.17, 15) is 4.79 Å². The smallest absolute Gasteiger partial charge is 0.272 e. The summed E-state index contributed by atoms with van der Waals surface area (Å²) < 4.78 is 0. The van der Waals surface area contributed by atoms with E-state index < -0.39 is 0 Å². The average molecular weight is 237 g/mol. The van der Waals surface area contributed by atoms with Crippen LogP contribution in [-0.2, 0) is 0 Å². The van der Waals surface area contributed by atoms with E-state index in [2.05, 4.69) is 10.3 Å². The van der Waals surface area contributed by atoms with Crippen LogP contribution in [-0.4, -0.2) is 47.6 Å². The Labute approximate surface area is 101 Å². The lowest BCUT2D eigenvalue weighted by Gasteiger charge is -2.15. The molecule has 94 valence electrons. The second-order valence-corrected chi connectivity index (χ2v) is 4.19. The summed E-state index contributed by atoms with van der Waals surface area (Å²) in [6.07, 6.45) is 2.27. The summed E-state index contributed by atoms with van der Waals surface area (Å²) in [6.45, 7) is 2.12. The van der Waals surface area contributed by atoms with E-state index in [1.807, 2.05) is 6.92 Å². The molecule has 0 saturated heterocycles. The van der Waals surface area contributed by atoms with Gasteiger partial charge in [0.1, 0.15) is 5.69 Å². The number of hydrogen-bond donors (Lipinski definition) is 2. The number of aliphatic hydroxyl groups is 1. The SMILES string of the molecule is CC(CCO)Nc1ccnc(C(=O)N(C)C)c1. The fourth-order valence-electron chi connectivity index (χ4n) is 1.42. The first kappa shape index (κ1) is 13.4. The number of aliphatic hydroxyl groups excluding tert-OH is 1. The lowest BCUT2D eigenvalue weighted by Crippen LogP contribution is -2.23. The van der Waals surface area contributed by atoms with Gasteiger partial charge < -0.3 is 15.3 Å². The van der Waals surface area contributed by atoms with Gasteiger partial charge in [-0.15, -0.1) is 0 Å². The van der Waals surface area contributed by atoms with E-state index in [0.29, 0.717) is 12.1 Å². The second-order valence-electron chi connectivity index (χ2n) is 4.19. The highest BCUT2D eigenvalue weighted by atomic mass is 16.3. The van der Waals surface area contributed by atoms with E-state index in [4.69, 9.17) is 5.11 Å². The Morgan fingerprint density at radius 3 is 2.88 bits per heavy atom. The van der Waals surface area contributed by atoms with Crippen LogP contribution >= 0.6 is 0 Å². The third kappa shape index (κ3) is 4.03. The highest BCUT2D eigenvalue weighted by Gasteiger charge is 2.10. The number of carbonyl (C=O) groups excluding carboxylic acids is 1. The molecule has 0 aliphatic rings. The summed E-state index contributed by atoms with van der Waals surface area (Å²) in [4.78, 5) is 17.2. The summed E-state index contributed by atoms with van der Waals surface area (Å²) >= 11 is 0. The van der Waals surface area contributed by atoms with Crippen molar-refractivity contribution in [3.63, 3.8) is 0 Å². The molecule has 0 bridgehead atoms. The number of aromatic nitrogens is 1. The van der Waals surface area contributed by atoms with Gasteiger partial charge in [0.05, 0.1) is 0 Å². The largest absolute Gasteiger partial charge is 0.396 e. The molecule has 0 spiro atoms. The van der Waals surface area contributed by atoms with Crippen molar-refractivity contribution in [1.82, 2.24) is 9.88 Å². The third-order valence-corrected chi connectivity index (χ3v) is 2.36. The summed E-state index contributed by atoms with van der Waals surface area (Å²) in [7, 11) is 3.39. The van der Waals surface area contributed by atoms with Crippen LogP contribution in [0.15, 0.2) is 18.3 Å². The highest BCUT2D eigenvalue weighted by Crippen LogP contribution is 2.11. The van der Waals surface area contributed by atoms with Gasteiger partial charge in [0.15, 0.2) is 0 Å². The zero-order valence-electron chi connectivity index (χ0n) is 10.5. The molecule has 0 radical (unpaired) electrons. The van der Waals surface area contributed by atoms with Gasteiger partial charge in [-0.05, 0) is 25.5 Å². The van der Waals surface area contributed by atoms with Gasteiger partial charge in [-0.3, -0.25) is 9.78 Å². The summed E-state index contributed by atoms with van der Waals surface area (Å²) in [5.74, 6) is -0.122. The third-order valence-electron chi connectivity index (χ3n) is 2.36. The summed E-state index contributed by atoms with van der Waals surface area (Å²) in [5, 5.41) is 12.0. The number of nitrogens with zero attached hydrogens (tertiary/aromatic N) is 2. The fourth-order valence-corrected chi connectivity index (χ4v) is 1.42. The minimum Gasteiger partial charge on any atom is -0.396 e. The Morgan fingerprint density at radius 1 is 1.59 bits per heavy atom. The second kappa shape index (κ2) is 6.20. The zero-order chi connectivity index (χ0) is 12.8. The van der Waals surface area contributed by atoms with Crippen LogP contribution in [0.5, 0.6) is 0 Å². The van der Waals surface area contributed by atoms with Crippen LogP contribution in [0.3, 0.4) is 0 Å². The number of carbonyl (C=O) groups is 1. The molecule has 1 aromatic rings. The number of nitrogens with one attached hydrogen (secondary N) is 1. The van der Waals surface area contributed by atoms with Crippen LogP contribution < -0.4 is 5.32 Å². The molecule has 2 N–H and O–H groups in total. The first-order chi connectivity index (χ1) is 8.04. The predicted molar refractivity (Wildman–Crippen MR) is 67.0 cm³/mol. The van der Waals surface area contributed by atoms with Gasteiger partial charge in [-0.25, -0.2) is 0 Å². The Morgan fingerprint density at radius 2 is 2.29 bits per heavy atom. The predicted octanol–water partition coefficient (Wildman–Crippen LogP) is 0.966. The van der Waals surface area contributed by atoms with E-state index in [1.54, 1.807) is 32.4 Å². The molecule has 1 aromatic heterocycles. The minimum absolute atomic E-state index is 0.122. The molecule has 5 nitrogen and oxygen atoms in total. The fraction of sp³-hybridized carbons (Fsp3) is 0.500. The van der Waals surface area contributed by atoms with E-state index >= 15 is 0 Å². The van der Waals surface area contributed by atoms with E-state index in [-0.39, 0.29) is 18.6 Å². The summed E-state index contributed by atoms with van der Waals surface area (Å²) in [5.41, 5.74) is 1.25. The van der Waals surface area contributed by atoms with Crippen molar-refractivity contribution in [1.29, 1.82) is 0 Å². The quantitative estimate of drug-likeness (QED) is 0.800. The molecule has 17 heavy (non-hydrogen) atoms. The van der Waals surface area contributed by atoms with Crippen molar-refractivity contribution in [3.05, 3.63) is 24.0 Å². The molecule has 1 rings (SSSR count). The maximum Gasteiger partial charge on any atom is 0.272 e. The van der Waals surface area contributed by atoms with Gasteiger partial charge in [0.2, 0.25) is 0 Å².